The third-order valence-electron chi connectivity index (χ3n) is 7.99. The molecule has 0 bridgehead atoms. The maximum Gasteiger partial charge on any atom is 0.263 e. The van der Waals surface area contributed by atoms with E-state index in [-0.39, 0.29) is 24.3 Å². The summed E-state index contributed by atoms with van der Waals surface area (Å²) in [6.45, 7) is 2.56. The van der Waals surface area contributed by atoms with Crippen LogP contribution in [-0.4, -0.2) is 58.7 Å². The number of halogens is 1. The summed E-state index contributed by atoms with van der Waals surface area (Å²) in [5.41, 5.74) is 3.08. The average molecular weight is 515 g/mol. The van der Waals surface area contributed by atoms with Crippen LogP contribution in [0.4, 0.5) is 5.69 Å². The van der Waals surface area contributed by atoms with Crippen LogP contribution < -0.4 is 4.90 Å². The van der Waals surface area contributed by atoms with E-state index in [9.17, 15) is 14.4 Å². The average Bonchev–Trinajstić information content (AvgIpc) is 3.14. The first kappa shape index (κ1) is 23.7. The van der Waals surface area contributed by atoms with E-state index in [0.717, 1.165) is 36.1 Å². The zero-order valence-electron chi connectivity index (χ0n) is 20.4. The van der Waals surface area contributed by atoms with Crippen molar-refractivity contribution >= 4 is 35.0 Å². The van der Waals surface area contributed by atoms with Gasteiger partial charge in [0, 0.05) is 43.6 Å². The van der Waals surface area contributed by atoms with Gasteiger partial charge in [-0.3, -0.25) is 24.3 Å². The summed E-state index contributed by atoms with van der Waals surface area (Å²) in [6, 6.07) is 16.7. The molecule has 1 aliphatic carbocycles. The van der Waals surface area contributed by atoms with Crippen molar-refractivity contribution in [3.8, 4) is 0 Å². The second kappa shape index (κ2) is 9.30. The summed E-state index contributed by atoms with van der Waals surface area (Å²) in [7, 11) is 0. The normalized spacial score (nSPS) is 18.6. The van der Waals surface area contributed by atoms with E-state index in [1.54, 1.807) is 30.6 Å². The highest BCUT2D eigenvalue weighted by Gasteiger charge is 2.48. The third-order valence-corrected chi connectivity index (χ3v) is 8.24. The maximum absolute atomic E-state index is 13.7. The van der Waals surface area contributed by atoms with Gasteiger partial charge in [-0.2, -0.15) is 0 Å². The van der Waals surface area contributed by atoms with Gasteiger partial charge in [-0.15, -0.1) is 0 Å². The van der Waals surface area contributed by atoms with Gasteiger partial charge in [0.05, 0.1) is 28.8 Å². The van der Waals surface area contributed by atoms with Gasteiger partial charge in [0.2, 0.25) is 5.91 Å². The van der Waals surface area contributed by atoms with Crippen molar-refractivity contribution in [1.29, 1.82) is 0 Å². The van der Waals surface area contributed by atoms with E-state index in [2.05, 4.69) is 9.88 Å². The Hall–Kier alpha value is -3.71. The van der Waals surface area contributed by atoms with Crippen LogP contribution in [0.25, 0.3) is 0 Å². The number of aromatic nitrogens is 1. The molecular weight excluding hydrogens is 488 g/mol. The van der Waals surface area contributed by atoms with Crippen molar-refractivity contribution < 1.29 is 14.4 Å². The van der Waals surface area contributed by atoms with Crippen molar-refractivity contribution in [3.63, 3.8) is 0 Å². The van der Waals surface area contributed by atoms with Gasteiger partial charge in [0.25, 0.3) is 11.8 Å². The number of nitrogens with zero attached hydrogens (tertiary/aromatic N) is 4. The Balaban J connectivity index is 1.19. The first-order valence-electron chi connectivity index (χ1n) is 12.7. The van der Waals surface area contributed by atoms with Crippen molar-refractivity contribution in [2.45, 2.75) is 31.2 Å². The zero-order chi connectivity index (χ0) is 25.6. The van der Waals surface area contributed by atoms with E-state index < -0.39 is 5.41 Å². The second-order valence-electron chi connectivity index (χ2n) is 9.97. The minimum Gasteiger partial charge on any atom is -0.367 e. The molecule has 3 aromatic rings. The predicted molar refractivity (Wildman–Crippen MR) is 141 cm³/mol. The van der Waals surface area contributed by atoms with Crippen LogP contribution in [0.5, 0.6) is 0 Å². The number of carbonyl (C=O) groups excluding carboxylic acids is 3. The molecule has 3 aliphatic rings. The Bertz CT molecular complexity index is 1360. The fourth-order valence-electron chi connectivity index (χ4n) is 5.77. The van der Waals surface area contributed by atoms with Crippen LogP contribution in [0, 0.1) is 0 Å². The molecule has 0 atom stereocenters. The molecule has 188 valence electrons. The number of hydrogen-bond acceptors (Lipinski definition) is 5. The molecule has 0 spiro atoms. The number of hydrogen-bond donors (Lipinski definition) is 0. The zero-order valence-corrected chi connectivity index (χ0v) is 21.2. The van der Waals surface area contributed by atoms with Crippen LogP contribution in [0.15, 0.2) is 67.0 Å². The van der Waals surface area contributed by atoms with Gasteiger partial charge in [0.15, 0.2) is 0 Å². The number of amides is 3. The van der Waals surface area contributed by atoms with E-state index >= 15 is 0 Å². The highest BCUT2D eigenvalue weighted by atomic mass is 35.5. The molecular formula is C29H27ClN4O3. The quantitative estimate of drug-likeness (QED) is 0.475. The van der Waals surface area contributed by atoms with E-state index in [0.29, 0.717) is 42.3 Å². The van der Waals surface area contributed by atoms with Gasteiger partial charge >= 0.3 is 0 Å². The molecule has 3 amide bonds. The topological polar surface area (TPSA) is 73.8 Å². The van der Waals surface area contributed by atoms with E-state index in [4.69, 9.17) is 11.6 Å². The lowest BCUT2D eigenvalue weighted by molar-refractivity contribution is -0.141. The summed E-state index contributed by atoms with van der Waals surface area (Å²) in [5, 5.41) is 0.669. The van der Waals surface area contributed by atoms with Crippen LogP contribution in [0.2, 0.25) is 5.02 Å². The van der Waals surface area contributed by atoms with E-state index in [1.807, 2.05) is 41.3 Å². The molecule has 37 heavy (non-hydrogen) atoms. The predicted octanol–water partition coefficient (Wildman–Crippen LogP) is 4.30. The molecule has 8 heteroatoms. The molecule has 1 saturated heterocycles. The molecule has 3 heterocycles. The minimum absolute atomic E-state index is 0.175. The number of carbonyl (C=O) groups is 3. The number of piperazine rings is 1. The van der Waals surface area contributed by atoms with Crippen LogP contribution in [0.1, 0.15) is 51.1 Å². The summed E-state index contributed by atoms with van der Waals surface area (Å²) >= 11 is 6.08. The number of fused-ring (bicyclic) bond motifs is 1. The lowest BCUT2D eigenvalue weighted by Gasteiger charge is -2.46. The van der Waals surface area contributed by atoms with Gasteiger partial charge in [-0.1, -0.05) is 36.2 Å². The molecule has 1 aromatic heterocycles. The molecule has 6 rings (SSSR count). The SMILES string of the molecule is O=C1c2cccc(N3CCN(C(=O)C4(c5ccc(Cl)cc5)CCC4)CC3)c2C(=O)N1Cc1ccncc1. The summed E-state index contributed by atoms with van der Waals surface area (Å²) in [6.07, 6.45) is 6.05. The number of benzene rings is 2. The highest BCUT2D eigenvalue weighted by molar-refractivity contribution is 6.30. The fraction of sp³-hybridized carbons (Fsp3) is 0.310. The Labute approximate surface area is 220 Å². The van der Waals surface area contributed by atoms with Crippen molar-refractivity contribution in [1.82, 2.24) is 14.8 Å². The standard InChI is InChI=1S/C29H27ClN4O3/c30-22-7-5-21(6-8-22)29(11-2-12-29)28(37)33-17-15-32(16-18-33)24-4-1-3-23-25(24)27(36)34(26(23)35)19-20-9-13-31-14-10-20/h1,3-10,13-14H,2,11-12,15-19H2. The Kier molecular flexibility index (Phi) is 5.95. The van der Waals surface area contributed by atoms with Crippen molar-refractivity contribution in [3.05, 3.63) is 94.3 Å². The van der Waals surface area contributed by atoms with Crippen LogP contribution in [-0.2, 0) is 16.8 Å². The Morgan fingerprint density at radius 1 is 0.892 bits per heavy atom. The summed E-state index contributed by atoms with van der Waals surface area (Å²) < 4.78 is 0. The number of imide groups is 1. The number of pyridine rings is 1. The first-order chi connectivity index (χ1) is 18.0. The highest BCUT2D eigenvalue weighted by Crippen LogP contribution is 2.45. The maximum atomic E-state index is 13.7. The number of anilines is 1. The van der Waals surface area contributed by atoms with Crippen LogP contribution in [0.3, 0.4) is 0 Å². The molecule has 0 N–H and O–H groups in total. The molecule has 2 fully saturated rings. The van der Waals surface area contributed by atoms with Gasteiger partial charge in [-0.05, 0) is 60.4 Å². The largest absolute Gasteiger partial charge is 0.367 e. The fourth-order valence-corrected chi connectivity index (χ4v) is 5.90. The van der Waals surface area contributed by atoms with Gasteiger partial charge in [0.1, 0.15) is 0 Å². The smallest absolute Gasteiger partial charge is 0.263 e. The molecule has 0 radical (unpaired) electrons. The van der Waals surface area contributed by atoms with Gasteiger partial charge in [-0.25, -0.2) is 0 Å². The molecule has 7 nitrogen and oxygen atoms in total. The molecule has 0 unspecified atom stereocenters. The lowest BCUT2D eigenvalue weighted by Crippen LogP contribution is -2.57. The van der Waals surface area contributed by atoms with Crippen molar-refractivity contribution in [2.75, 3.05) is 31.1 Å². The van der Waals surface area contributed by atoms with Gasteiger partial charge < -0.3 is 9.80 Å². The molecule has 2 aromatic carbocycles. The Morgan fingerprint density at radius 3 is 2.24 bits per heavy atom. The van der Waals surface area contributed by atoms with Crippen molar-refractivity contribution in [2.24, 2.45) is 0 Å². The molecule has 2 aliphatic heterocycles. The van der Waals surface area contributed by atoms with Crippen LogP contribution >= 0.6 is 11.6 Å². The third kappa shape index (κ3) is 3.98. The Morgan fingerprint density at radius 2 is 1.59 bits per heavy atom. The minimum atomic E-state index is -0.462. The summed E-state index contributed by atoms with van der Waals surface area (Å²) in [5.74, 6) is -0.377. The molecule has 1 saturated carbocycles. The number of rotatable bonds is 5. The summed E-state index contributed by atoms with van der Waals surface area (Å²) in [4.78, 5) is 49.6. The second-order valence-corrected chi connectivity index (χ2v) is 10.4. The van der Waals surface area contributed by atoms with E-state index in [1.165, 1.54) is 4.90 Å². The monoisotopic (exact) mass is 514 g/mol. The lowest BCUT2D eigenvalue weighted by atomic mass is 9.63. The first-order valence-corrected chi connectivity index (χ1v) is 13.0.